The van der Waals surface area contributed by atoms with E-state index >= 15 is 0 Å². The first-order valence-corrected chi connectivity index (χ1v) is 8.54. The number of imidazole rings is 1. The van der Waals surface area contributed by atoms with Gasteiger partial charge in [0.25, 0.3) is 11.5 Å². The minimum atomic E-state index is -0.162. The Labute approximate surface area is 143 Å². The second kappa shape index (κ2) is 6.56. The lowest BCUT2D eigenvalue weighted by atomic mass is 10.2. The van der Waals surface area contributed by atoms with Crippen LogP contribution in [0.25, 0.3) is 10.2 Å². The molecule has 3 aromatic heterocycles. The Morgan fingerprint density at radius 3 is 2.88 bits per heavy atom. The highest BCUT2D eigenvalue weighted by atomic mass is 32.1. The molecule has 0 saturated heterocycles. The van der Waals surface area contributed by atoms with Crippen molar-refractivity contribution >= 4 is 27.5 Å². The molecule has 0 aliphatic carbocycles. The molecule has 0 spiro atoms. The maximum Gasteiger partial charge on any atom is 0.262 e. The molecule has 8 heteroatoms. The third-order valence-corrected chi connectivity index (χ3v) is 5.23. The summed E-state index contributed by atoms with van der Waals surface area (Å²) in [6, 6.07) is -0.00731. The predicted molar refractivity (Wildman–Crippen MR) is 93.4 cm³/mol. The summed E-state index contributed by atoms with van der Waals surface area (Å²) in [6.07, 6.45) is 7.59. The fourth-order valence-corrected chi connectivity index (χ4v) is 3.64. The molecule has 1 N–H and O–H groups in total. The maximum atomic E-state index is 12.7. The highest BCUT2D eigenvalue weighted by Gasteiger charge is 2.21. The van der Waals surface area contributed by atoms with Crippen molar-refractivity contribution in [3.63, 3.8) is 0 Å². The van der Waals surface area contributed by atoms with E-state index in [0.717, 1.165) is 6.42 Å². The summed E-state index contributed by atoms with van der Waals surface area (Å²) >= 11 is 1.26. The second-order valence-electron chi connectivity index (χ2n) is 5.74. The first kappa shape index (κ1) is 16.4. The molecule has 0 fully saturated rings. The fraction of sp³-hybridized carbons (Fsp3) is 0.375. The van der Waals surface area contributed by atoms with Crippen molar-refractivity contribution in [1.82, 2.24) is 24.4 Å². The average Bonchev–Trinajstić information content (AvgIpc) is 3.18. The number of nitrogens with zero attached hydrogens (tertiary/aromatic N) is 4. The van der Waals surface area contributed by atoms with Gasteiger partial charge in [0.2, 0.25) is 0 Å². The minimum absolute atomic E-state index is 0.00731. The number of hydrogen-bond acceptors (Lipinski definition) is 5. The summed E-state index contributed by atoms with van der Waals surface area (Å²) in [6.45, 7) is 4.48. The molecule has 1 amide bonds. The molecule has 0 aliphatic heterocycles. The van der Waals surface area contributed by atoms with Gasteiger partial charge in [0.05, 0.1) is 22.9 Å². The average molecular weight is 345 g/mol. The lowest BCUT2D eigenvalue weighted by Crippen LogP contribution is -2.37. The summed E-state index contributed by atoms with van der Waals surface area (Å²) in [5, 5.41) is 3.57. The predicted octanol–water partition coefficient (Wildman–Crippen LogP) is 1.71. The standard InChI is InChI=1S/C16H19N5O2S/c1-4-11(7-21-6-5-17-8-21)19-14(22)13-10(2)12-15(24-13)18-9-20(3)16(12)23/h5-6,8-9,11H,4,7H2,1-3H3,(H,19,22)/t11-/m1/s1. The Bertz CT molecular complexity index is 926. The number of nitrogens with one attached hydrogen (secondary N) is 1. The normalized spacial score (nSPS) is 12.5. The van der Waals surface area contributed by atoms with E-state index in [-0.39, 0.29) is 17.5 Å². The van der Waals surface area contributed by atoms with E-state index in [0.29, 0.717) is 27.2 Å². The third-order valence-electron chi connectivity index (χ3n) is 4.04. The molecule has 3 rings (SSSR count). The number of thiophene rings is 1. The molecular formula is C16H19N5O2S. The van der Waals surface area contributed by atoms with E-state index in [1.165, 1.54) is 22.2 Å². The minimum Gasteiger partial charge on any atom is -0.347 e. The van der Waals surface area contributed by atoms with Gasteiger partial charge in [-0.25, -0.2) is 9.97 Å². The number of carbonyl (C=O) groups excluding carboxylic acids is 1. The zero-order valence-electron chi connectivity index (χ0n) is 13.8. The molecule has 126 valence electrons. The van der Waals surface area contributed by atoms with Gasteiger partial charge in [-0.1, -0.05) is 6.92 Å². The number of hydrogen-bond donors (Lipinski definition) is 1. The van der Waals surface area contributed by atoms with E-state index < -0.39 is 0 Å². The Kier molecular flexibility index (Phi) is 4.48. The number of aromatic nitrogens is 4. The van der Waals surface area contributed by atoms with Gasteiger partial charge in [0, 0.05) is 32.0 Å². The second-order valence-corrected chi connectivity index (χ2v) is 6.73. The van der Waals surface area contributed by atoms with Gasteiger partial charge in [0.1, 0.15) is 4.83 Å². The van der Waals surface area contributed by atoms with Crippen LogP contribution in [0.3, 0.4) is 0 Å². The Morgan fingerprint density at radius 2 is 2.21 bits per heavy atom. The zero-order valence-corrected chi connectivity index (χ0v) is 14.6. The Morgan fingerprint density at radius 1 is 1.42 bits per heavy atom. The highest BCUT2D eigenvalue weighted by molar-refractivity contribution is 7.20. The lowest BCUT2D eigenvalue weighted by molar-refractivity contribution is 0.0935. The van der Waals surface area contributed by atoms with Gasteiger partial charge in [-0.2, -0.15) is 0 Å². The maximum absolute atomic E-state index is 12.7. The molecule has 0 aliphatic rings. The van der Waals surface area contributed by atoms with Gasteiger partial charge in [-0.3, -0.25) is 9.59 Å². The SMILES string of the molecule is CC[C@H](Cn1ccnc1)NC(=O)c1sc2ncn(C)c(=O)c2c1C. The molecule has 7 nitrogen and oxygen atoms in total. The van der Waals surface area contributed by atoms with Gasteiger partial charge < -0.3 is 14.5 Å². The number of amides is 1. The van der Waals surface area contributed by atoms with Crippen molar-refractivity contribution in [3.05, 3.63) is 45.8 Å². The summed E-state index contributed by atoms with van der Waals surface area (Å²) in [5.74, 6) is -0.162. The Balaban J connectivity index is 1.87. The molecule has 0 radical (unpaired) electrons. The van der Waals surface area contributed by atoms with Crippen LogP contribution >= 0.6 is 11.3 Å². The monoisotopic (exact) mass is 345 g/mol. The first-order valence-electron chi connectivity index (χ1n) is 7.72. The van der Waals surface area contributed by atoms with E-state index in [4.69, 9.17) is 0 Å². The van der Waals surface area contributed by atoms with Crippen LogP contribution in [0.1, 0.15) is 28.6 Å². The van der Waals surface area contributed by atoms with Crippen molar-refractivity contribution in [2.24, 2.45) is 7.05 Å². The Hall–Kier alpha value is -2.48. The zero-order chi connectivity index (χ0) is 17.3. The molecule has 0 saturated carbocycles. The van der Waals surface area contributed by atoms with Crippen molar-refractivity contribution in [1.29, 1.82) is 0 Å². The summed E-state index contributed by atoms with van der Waals surface area (Å²) < 4.78 is 3.36. The summed E-state index contributed by atoms with van der Waals surface area (Å²) in [4.78, 5) is 34.3. The lowest BCUT2D eigenvalue weighted by Gasteiger charge is -2.17. The number of aryl methyl sites for hydroxylation is 2. The summed E-state index contributed by atoms with van der Waals surface area (Å²) in [5.41, 5.74) is 0.567. The topological polar surface area (TPSA) is 81.8 Å². The fourth-order valence-electron chi connectivity index (χ4n) is 2.60. The molecule has 3 aromatic rings. The van der Waals surface area contributed by atoms with Gasteiger partial charge in [-0.05, 0) is 18.9 Å². The molecular weight excluding hydrogens is 326 g/mol. The van der Waals surface area contributed by atoms with Crippen LogP contribution in [0.5, 0.6) is 0 Å². The van der Waals surface area contributed by atoms with Crippen molar-refractivity contribution < 1.29 is 4.79 Å². The third kappa shape index (κ3) is 2.96. The van der Waals surface area contributed by atoms with Crippen LogP contribution in [0.2, 0.25) is 0 Å². The number of carbonyl (C=O) groups is 1. The molecule has 0 bridgehead atoms. The smallest absolute Gasteiger partial charge is 0.262 e. The van der Waals surface area contributed by atoms with Crippen LogP contribution in [-0.2, 0) is 13.6 Å². The molecule has 3 heterocycles. The van der Waals surface area contributed by atoms with E-state index in [1.54, 1.807) is 26.5 Å². The van der Waals surface area contributed by atoms with E-state index in [9.17, 15) is 9.59 Å². The van der Waals surface area contributed by atoms with Gasteiger partial charge >= 0.3 is 0 Å². The van der Waals surface area contributed by atoms with Crippen molar-refractivity contribution in [2.75, 3.05) is 0 Å². The quantitative estimate of drug-likeness (QED) is 0.763. The molecule has 0 aromatic carbocycles. The van der Waals surface area contributed by atoms with Crippen LogP contribution in [0.15, 0.2) is 29.8 Å². The van der Waals surface area contributed by atoms with Gasteiger partial charge in [0.15, 0.2) is 0 Å². The van der Waals surface area contributed by atoms with Gasteiger partial charge in [-0.15, -0.1) is 11.3 Å². The number of rotatable bonds is 5. The molecule has 0 unspecified atom stereocenters. The van der Waals surface area contributed by atoms with Crippen LogP contribution < -0.4 is 10.9 Å². The van der Waals surface area contributed by atoms with E-state index in [2.05, 4.69) is 15.3 Å². The highest BCUT2D eigenvalue weighted by Crippen LogP contribution is 2.26. The summed E-state index contributed by atoms with van der Waals surface area (Å²) in [7, 11) is 1.66. The molecule has 1 atom stereocenters. The first-order chi connectivity index (χ1) is 11.5. The van der Waals surface area contributed by atoms with Crippen molar-refractivity contribution in [2.45, 2.75) is 32.9 Å². The number of fused-ring (bicyclic) bond motifs is 1. The van der Waals surface area contributed by atoms with Crippen LogP contribution in [-0.4, -0.2) is 31.1 Å². The van der Waals surface area contributed by atoms with E-state index in [1.807, 2.05) is 17.7 Å². The van der Waals surface area contributed by atoms with Crippen LogP contribution in [0, 0.1) is 6.92 Å². The molecule has 24 heavy (non-hydrogen) atoms. The van der Waals surface area contributed by atoms with Crippen molar-refractivity contribution in [3.8, 4) is 0 Å². The largest absolute Gasteiger partial charge is 0.347 e. The van der Waals surface area contributed by atoms with Crippen LogP contribution in [0.4, 0.5) is 0 Å².